The molecule has 0 spiro atoms. The van der Waals surface area contributed by atoms with Crippen LogP contribution in [-0.4, -0.2) is 54.9 Å². The van der Waals surface area contributed by atoms with Crippen molar-refractivity contribution < 1.29 is 18.8 Å². The van der Waals surface area contributed by atoms with Gasteiger partial charge in [-0.2, -0.15) is 0 Å². The van der Waals surface area contributed by atoms with Crippen molar-refractivity contribution in [3.05, 3.63) is 48.3 Å². The van der Waals surface area contributed by atoms with Crippen molar-refractivity contribution in [1.29, 1.82) is 0 Å². The van der Waals surface area contributed by atoms with Crippen LogP contribution in [0.4, 0.5) is 0 Å². The van der Waals surface area contributed by atoms with Gasteiger partial charge in [-0.25, -0.2) is 0 Å². The molecule has 0 aliphatic carbocycles. The fourth-order valence-corrected chi connectivity index (χ4v) is 3.18. The quantitative estimate of drug-likeness (QED) is 0.553. The molecule has 0 N–H and O–H groups in total. The summed E-state index contributed by atoms with van der Waals surface area (Å²) in [6, 6.07) is 10.3. The van der Waals surface area contributed by atoms with Crippen LogP contribution in [0.1, 0.15) is 33.3 Å². The summed E-state index contributed by atoms with van der Waals surface area (Å²) in [4.78, 5) is 17.7. The lowest BCUT2D eigenvalue weighted by atomic mass is 9.79. The van der Waals surface area contributed by atoms with E-state index in [9.17, 15) is 4.79 Å². The number of pyridine rings is 1. The largest absolute Gasteiger partial charge is 0.496 e. The van der Waals surface area contributed by atoms with E-state index in [0.717, 1.165) is 22.2 Å². The van der Waals surface area contributed by atoms with Crippen LogP contribution < -0.4 is 5.46 Å². The molecule has 0 bridgehead atoms. The molecule has 0 unspecified atom stereocenters. The van der Waals surface area contributed by atoms with Crippen molar-refractivity contribution in [3.8, 4) is 11.1 Å². The fraction of sp³-hybridized carbons (Fsp3) is 0.455. The Balaban J connectivity index is 1.72. The molecule has 1 aromatic heterocycles. The van der Waals surface area contributed by atoms with Crippen molar-refractivity contribution in [2.75, 3.05) is 20.7 Å². The van der Waals surface area contributed by atoms with Crippen molar-refractivity contribution in [1.82, 2.24) is 9.88 Å². The molecule has 2 heterocycles. The molecule has 1 saturated heterocycles. The number of ether oxygens (including phenoxy) is 1. The number of carbonyl (C=O) groups excluding carboxylic acids is 1. The van der Waals surface area contributed by atoms with E-state index in [2.05, 4.69) is 35.3 Å². The van der Waals surface area contributed by atoms with Gasteiger partial charge in [-0.15, -0.1) is 0 Å². The summed E-state index contributed by atoms with van der Waals surface area (Å²) < 4.78 is 17.0. The summed E-state index contributed by atoms with van der Waals surface area (Å²) in [6.07, 6.45) is 3.63. The summed E-state index contributed by atoms with van der Waals surface area (Å²) in [6.45, 7) is 9.10. The Bertz CT molecular complexity index is 851. The predicted molar refractivity (Wildman–Crippen MR) is 114 cm³/mol. The molecular weight excluding hydrogens is 367 g/mol. The molecule has 2 aromatic rings. The lowest BCUT2D eigenvalue weighted by Crippen LogP contribution is -2.41. The lowest BCUT2D eigenvalue weighted by molar-refractivity contribution is -0.141. The first-order valence-corrected chi connectivity index (χ1v) is 9.76. The Morgan fingerprint density at radius 2 is 1.69 bits per heavy atom. The molecule has 6 nitrogen and oxygen atoms in total. The maximum atomic E-state index is 11.4. The molecule has 0 radical (unpaired) electrons. The van der Waals surface area contributed by atoms with Crippen molar-refractivity contribution in [3.63, 3.8) is 0 Å². The van der Waals surface area contributed by atoms with Gasteiger partial charge in [0.1, 0.15) is 0 Å². The second kappa shape index (κ2) is 8.26. The van der Waals surface area contributed by atoms with Crippen LogP contribution in [0.15, 0.2) is 42.7 Å². The smallest absolute Gasteiger partial charge is 0.468 e. The van der Waals surface area contributed by atoms with Gasteiger partial charge in [0.25, 0.3) is 0 Å². The number of benzene rings is 1. The lowest BCUT2D eigenvalue weighted by Gasteiger charge is -2.32. The van der Waals surface area contributed by atoms with Gasteiger partial charge >= 0.3 is 13.1 Å². The average molecular weight is 396 g/mol. The Hall–Kier alpha value is -2.22. The zero-order valence-corrected chi connectivity index (χ0v) is 18.1. The zero-order valence-electron chi connectivity index (χ0n) is 18.1. The third-order valence-electron chi connectivity index (χ3n) is 5.65. The predicted octanol–water partition coefficient (Wildman–Crippen LogP) is 2.65. The SMILES string of the molecule is COC(=O)CN(C)Cc1ccc(-c2cncc(B3OC(C)(C)C(C)(C)O3)c2)cc1. The summed E-state index contributed by atoms with van der Waals surface area (Å²) in [5, 5.41) is 0. The van der Waals surface area contributed by atoms with Crippen LogP contribution in [-0.2, 0) is 25.4 Å². The highest BCUT2D eigenvalue weighted by molar-refractivity contribution is 6.62. The van der Waals surface area contributed by atoms with Crippen LogP contribution in [0.25, 0.3) is 11.1 Å². The summed E-state index contributed by atoms with van der Waals surface area (Å²) in [5.41, 5.74) is 3.33. The maximum Gasteiger partial charge on any atom is 0.496 e. The third-order valence-corrected chi connectivity index (χ3v) is 5.65. The van der Waals surface area contributed by atoms with Crippen molar-refractivity contribution >= 4 is 18.6 Å². The number of nitrogens with zero attached hydrogens (tertiary/aromatic N) is 2. The van der Waals surface area contributed by atoms with Gasteiger partial charge in [0.15, 0.2) is 0 Å². The number of rotatable bonds is 6. The molecule has 29 heavy (non-hydrogen) atoms. The Labute approximate surface area is 173 Å². The highest BCUT2D eigenvalue weighted by Gasteiger charge is 2.51. The topological polar surface area (TPSA) is 60.9 Å². The first kappa shape index (κ1) is 21.5. The van der Waals surface area contributed by atoms with E-state index in [1.807, 2.05) is 45.8 Å². The van der Waals surface area contributed by atoms with Gasteiger partial charge in [0.2, 0.25) is 0 Å². The Kier molecular flexibility index (Phi) is 6.12. The fourth-order valence-electron chi connectivity index (χ4n) is 3.18. The van der Waals surface area contributed by atoms with Crippen LogP contribution in [0, 0.1) is 0 Å². The molecular formula is C22H29BN2O4. The van der Waals surface area contributed by atoms with E-state index in [1.165, 1.54) is 7.11 Å². The summed E-state index contributed by atoms with van der Waals surface area (Å²) in [5.74, 6) is -0.241. The number of hydrogen-bond donors (Lipinski definition) is 0. The highest BCUT2D eigenvalue weighted by atomic mass is 16.7. The van der Waals surface area contributed by atoms with E-state index in [4.69, 9.17) is 14.0 Å². The molecule has 1 aliphatic heterocycles. The number of hydrogen-bond acceptors (Lipinski definition) is 6. The molecule has 1 aromatic carbocycles. The second-order valence-corrected chi connectivity index (χ2v) is 8.54. The minimum atomic E-state index is -0.432. The first-order chi connectivity index (χ1) is 13.6. The number of methoxy groups -OCH3 is 1. The van der Waals surface area contributed by atoms with Crippen LogP contribution in [0.2, 0.25) is 0 Å². The van der Waals surface area contributed by atoms with Gasteiger partial charge in [-0.05, 0) is 51.4 Å². The van der Waals surface area contributed by atoms with E-state index < -0.39 is 7.12 Å². The van der Waals surface area contributed by atoms with E-state index >= 15 is 0 Å². The summed E-state index contributed by atoms with van der Waals surface area (Å²) in [7, 11) is 2.86. The molecule has 3 rings (SSSR count). The minimum Gasteiger partial charge on any atom is -0.468 e. The van der Waals surface area contributed by atoms with Crippen LogP contribution in [0.5, 0.6) is 0 Å². The normalized spacial score (nSPS) is 17.6. The number of aromatic nitrogens is 1. The monoisotopic (exact) mass is 396 g/mol. The van der Waals surface area contributed by atoms with Crippen LogP contribution >= 0.6 is 0 Å². The third kappa shape index (κ3) is 4.86. The molecule has 1 fully saturated rings. The highest BCUT2D eigenvalue weighted by Crippen LogP contribution is 2.36. The average Bonchev–Trinajstić information content (AvgIpc) is 2.89. The van der Waals surface area contributed by atoms with E-state index in [0.29, 0.717) is 6.54 Å². The summed E-state index contributed by atoms with van der Waals surface area (Å²) >= 11 is 0. The van der Waals surface area contributed by atoms with Gasteiger partial charge in [0.05, 0.1) is 24.9 Å². The number of esters is 1. The van der Waals surface area contributed by atoms with Crippen molar-refractivity contribution in [2.45, 2.75) is 45.4 Å². The van der Waals surface area contributed by atoms with E-state index in [-0.39, 0.29) is 23.7 Å². The van der Waals surface area contributed by atoms with Gasteiger partial charge in [-0.1, -0.05) is 30.3 Å². The second-order valence-electron chi connectivity index (χ2n) is 8.54. The molecule has 154 valence electrons. The standard InChI is InChI=1S/C22H29BN2O4/c1-21(2)22(3,4)29-23(28-21)19-11-18(12-24-13-19)17-9-7-16(8-10-17)14-25(5)15-20(26)27-6/h7-13H,14-15H2,1-6H3. The Morgan fingerprint density at radius 1 is 1.07 bits per heavy atom. The first-order valence-electron chi connectivity index (χ1n) is 9.76. The van der Waals surface area contributed by atoms with E-state index in [1.54, 1.807) is 6.20 Å². The van der Waals surface area contributed by atoms with Crippen LogP contribution in [0.3, 0.4) is 0 Å². The van der Waals surface area contributed by atoms with Gasteiger partial charge < -0.3 is 14.0 Å². The molecule has 7 heteroatoms. The molecule has 0 atom stereocenters. The number of carbonyl (C=O) groups is 1. The minimum absolute atomic E-state index is 0.241. The Morgan fingerprint density at radius 3 is 2.28 bits per heavy atom. The van der Waals surface area contributed by atoms with Gasteiger partial charge in [0, 0.05) is 24.4 Å². The maximum absolute atomic E-state index is 11.4. The molecule has 0 amide bonds. The van der Waals surface area contributed by atoms with Crippen molar-refractivity contribution in [2.24, 2.45) is 0 Å². The molecule has 1 aliphatic rings. The molecule has 0 saturated carbocycles. The zero-order chi connectivity index (χ0) is 21.2. The van der Waals surface area contributed by atoms with Gasteiger partial charge in [-0.3, -0.25) is 14.7 Å². The number of likely N-dealkylation sites (N-methyl/N-ethyl adjacent to an activating group) is 1.